The Balaban J connectivity index is 3.19. The van der Waals surface area contributed by atoms with Crippen LogP contribution in [-0.4, -0.2) is 18.5 Å². The second-order valence-corrected chi connectivity index (χ2v) is 4.34. The molecular formula is C10H12Cl2O2. The Hall–Kier alpha value is -0.310. The number of rotatable bonds is 2. The van der Waals surface area contributed by atoms with Crippen molar-refractivity contribution >= 4 is 29.0 Å². The SMILES string of the molecule is COC1(C(C)C)C=C(Cl)C(=O)C(Cl)=C1. The van der Waals surface area contributed by atoms with Gasteiger partial charge < -0.3 is 4.74 Å². The van der Waals surface area contributed by atoms with Gasteiger partial charge in [-0.1, -0.05) is 37.0 Å². The van der Waals surface area contributed by atoms with Crippen LogP contribution in [0.5, 0.6) is 0 Å². The summed E-state index contributed by atoms with van der Waals surface area (Å²) in [5, 5.41) is 0.237. The fourth-order valence-electron chi connectivity index (χ4n) is 1.37. The summed E-state index contributed by atoms with van der Waals surface area (Å²) in [5.41, 5.74) is -0.665. The molecule has 78 valence electrons. The lowest BCUT2D eigenvalue weighted by molar-refractivity contribution is -0.111. The van der Waals surface area contributed by atoms with Gasteiger partial charge in [0.25, 0.3) is 0 Å². The average Bonchev–Trinajstić information content (AvgIpc) is 2.13. The molecule has 0 aromatic heterocycles. The van der Waals surface area contributed by atoms with Crippen molar-refractivity contribution < 1.29 is 9.53 Å². The zero-order valence-corrected chi connectivity index (χ0v) is 9.82. The Morgan fingerprint density at radius 1 is 1.29 bits per heavy atom. The van der Waals surface area contributed by atoms with Crippen molar-refractivity contribution in [3.63, 3.8) is 0 Å². The van der Waals surface area contributed by atoms with Gasteiger partial charge >= 0.3 is 0 Å². The molecule has 0 atom stereocenters. The molecule has 0 saturated heterocycles. The van der Waals surface area contributed by atoms with Crippen molar-refractivity contribution in [1.29, 1.82) is 0 Å². The lowest BCUT2D eigenvalue weighted by atomic mass is 9.86. The molecule has 1 rings (SSSR count). The summed E-state index contributed by atoms with van der Waals surface area (Å²) in [6.45, 7) is 3.95. The fraction of sp³-hybridized carbons (Fsp3) is 0.500. The van der Waals surface area contributed by atoms with E-state index in [0.717, 1.165) is 0 Å². The number of halogens is 2. The number of ether oxygens (including phenoxy) is 1. The largest absolute Gasteiger partial charge is 0.370 e. The van der Waals surface area contributed by atoms with Crippen LogP contribution in [0.2, 0.25) is 0 Å². The predicted octanol–water partition coefficient (Wildman–Crippen LogP) is 2.86. The Labute approximate surface area is 93.5 Å². The van der Waals surface area contributed by atoms with Gasteiger partial charge in [-0.05, 0) is 18.1 Å². The maximum Gasteiger partial charge on any atom is 0.215 e. The van der Waals surface area contributed by atoms with E-state index in [9.17, 15) is 4.79 Å². The Bertz CT molecular complexity index is 294. The molecule has 2 nitrogen and oxygen atoms in total. The number of carbonyl (C=O) groups excluding carboxylic acids is 1. The minimum absolute atomic E-state index is 0.119. The van der Waals surface area contributed by atoms with Gasteiger partial charge in [0.2, 0.25) is 5.78 Å². The second-order valence-electron chi connectivity index (χ2n) is 3.53. The molecule has 0 aromatic carbocycles. The average molecular weight is 235 g/mol. The maximum atomic E-state index is 11.3. The smallest absolute Gasteiger partial charge is 0.215 e. The standard InChI is InChI=1S/C10H12Cl2O2/c1-6(2)10(14-3)4-7(11)9(13)8(12)5-10/h4-6H,1-3H3. The van der Waals surface area contributed by atoms with Crippen LogP contribution >= 0.6 is 23.2 Å². The molecule has 0 saturated carbocycles. The monoisotopic (exact) mass is 234 g/mol. The van der Waals surface area contributed by atoms with Crippen LogP contribution in [0.4, 0.5) is 0 Å². The molecule has 0 aromatic rings. The zero-order valence-electron chi connectivity index (χ0n) is 8.30. The number of allylic oxidation sites excluding steroid dienone is 2. The van der Waals surface area contributed by atoms with Gasteiger partial charge in [0.1, 0.15) is 5.60 Å². The van der Waals surface area contributed by atoms with E-state index in [0.29, 0.717) is 0 Å². The topological polar surface area (TPSA) is 26.3 Å². The third-order valence-corrected chi connectivity index (χ3v) is 2.96. The molecule has 0 bridgehead atoms. The van der Waals surface area contributed by atoms with Gasteiger partial charge in [-0.25, -0.2) is 0 Å². The van der Waals surface area contributed by atoms with Crippen LogP contribution in [0, 0.1) is 5.92 Å². The van der Waals surface area contributed by atoms with E-state index in [1.165, 1.54) is 0 Å². The Morgan fingerprint density at radius 2 is 1.71 bits per heavy atom. The minimum atomic E-state index is -0.665. The van der Waals surface area contributed by atoms with Gasteiger partial charge in [0.05, 0.1) is 10.1 Å². The number of hydrogen-bond donors (Lipinski definition) is 0. The maximum absolute atomic E-state index is 11.3. The summed E-state index contributed by atoms with van der Waals surface area (Å²) in [6, 6.07) is 0. The number of hydrogen-bond acceptors (Lipinski definition) is 2. The summed E-state index contributed by atoms with van der Waals surface area (Å²) in [6.07, 6.45) is 3.21. The van der Waals surface area contributed by atoms with Crippen LogP contribution < -0.4 is 0 Å². The number of carbonyl (C=O) groups is 1. The first kappa shape index (κ1) is 11.8. The first-order chi connectivity index (χ1) is 6.43. The molecule has 0 heterocycles. The summed E-state index contributed by atoms with van der Waals surface area (Å²) in [7, 11) is 1.57. The molecule has 0 fully saturated rings. The molecule has 0 unspecified atom stereocenters. The summed E-state index contributed by atoms with van der Waals surface area (Å²) in [5.74, 6) is -0.190. The molecule has 0 N–H and O–H groups in total. The van der Waals surface area contributed by atoms with Gasteiger partial charge in [0.15, 0.2) is 0 Å². The number of ketones is 1. The highest BCUT2D eigenvalue weighted by molar-refractivity contribution is 6.55. The zero-order chi connectivity index (χ0) is 10.9. The van der Waals surface area contributed by atoms with Crippen LogP contribution in [0.25, 0.3) is 0 Å². The summed E-state index contributed by atoms with van der Waals surface area (Å²) in [4.78, 5) is 11.3. The highest BCUT2D eigenvalue weighted by Crippen LogP contribution is 2.34. The Kier molecular flexibility index (Phi) is 3.40. The van der Waals surface area contributed by atoms with E-state index in [2.05, 4.69) is 0 Å². The Morgan fingerprint density at radius 3 is 2.00 bits per heavy atom. The first-order valence-corrected chi connectivity index (χ1v) is 5.05. The predicted molar refractivity (Wildman–Crippen MR) is 57.5 cm³/mol. The van der Waals surface area contributed by atoms with Gasteiger partial charge in [-0.2, -0.15) is 0 Å². The fourth-order valence-corrected chi connectivity index (χ4v) is 1.96. The van der Waals surface area contributed by atoms with Crippen LogP contribution in [0.1, 0.15) is 13.8 Å². The number of methoxy groups -OCH3 is 1. The van der Waals surface area contributed by atoms with Crippen molar-refractivity contribution in [2.24, 2.45) is 5.92 Å². The molecule has 0 radical (unpaired) electrons. The van der Waals surface area contributed by atoms with Crippen molar-refractivity contribution in [2.45, 2.75) is 19.4 Å². The molecule has 1 aliphatic rings. The van der Waals surface area contributed by atoms with Crippen molar-refractivity contribution in [1.82, 2.24) is 0 Å². The van der Waals surface area contributed by atoms with E-state index < -0.39 is 5.60 Å². The van der Waals surface area contributed by atoms with Crippen molar-refractivity contribution in [3.05, 3.63) is 22.2 Å². The lowest BCUT2D eigenvalue weighted by Crippen LogP contribution is -2.36. The van der Waals surface area contributed by atoms with Gasteiger partial charge in [-0.15, -0.1) is 0 Å². The quantitative estimate of drug-likeness (QED) is 0.735. The molecule has 0 amide bonds. The minimum Gasteiger partial charge on any atom is -0.370 e. The first-order valence-electron chi connectivity index (χ1n) is 4.29. The van der Waals surface area contributed by atoms with Gasteiger partial charge in [0, 0.05) is 7.11 Å². The third kappa shape index (κ3) is 1.88. The van der Waals surface area contributed by atoms with Crippen LogP contribution in [-0.2, 0) is 9.53 Å². The van der Waals surface area contributed by atoms with E-state index >= 15 is 0 Å². The summed E-state index contributed by atoms with van der Waals surface area (Å²) >= 11 is 11.6. The highest BCUT2D eigenvalue weighted by Gasteiger charge is 2.35. The molecule has 0 spiro atoms. The second kappa shape index (κ2) is 4.05. The van der Waals surface area contributed by atoms with Crippen molar-refractivity contribution in [3.8, 4) is 0 Å². The molecule has 4 heteroatoms. The normalized spacial score (nSPS) is 20.9. The molecular weight excluding hydrogens is 223 g/mol. The third-order valence-electron chi connectivity index (χ3n) is 2.39. The molecule has 1 aliphatic carbocycles. The molecule has 0 aliphatic heterocycles. The highest BCUT2D eigenvalue weighted by atomic mass is 35.5. The lowest BCUT2D eigenvalue weighted by Gasteiger charge is -2.32. The van der Waals surface area contributed by atoms with E-state index in [1.54, 1.807) is 19.3 Å². The van der Waals surface area contributed by atoms with Gasteiger partial charge in [-0.3, -0.25) is 4.79 Å². The number of Topliss-reactive ketones (excluding diaryl/α,β-unsaturated/α-hetero) is 1. The summed E-state index contributed by atoms with van der Waals surface area (Å²) < 4.78 is 5.36. The van der Waals surface area contributed by atoms with E-state index in [4.69, 9.17) is 27.9 Å². The van der Waals surface area contributed by atoms with Crippen molar-refractivity contribution in [2.75, 3.05) is 7.11 Å². The van der Waals surface area contributed by atoms with E-state index in [-0.39, 0.29) is 21.8 Å². The van der Waals surface area contributed by atoms with Crippen LogP contribution in [0.3, 0.4) is 0 Å². The van der Waals surface area contributed by atoms with E-state index in [1.807, 2.05) is 13.8 Å². The molecule has 14 heavy (non-hydrogen) atoms. The van der Waals surface area contributed by atoms with Crippen LogP contribution in [0.15, 0.2) is 22.2 Å².